The van der Waals surface area contributed by atoms with Gasteiger partial charge in [-0.15, -0.1) is 0 Å². The van der Waals surface area contributed by atoms with Crippen LogP contribution < -0.4 is 9.47 Å². The van der Waals surface area contributed by atoms with Crippen molar-refractivity contribution in [3.05, 3.63) is 77.0 Å². The van der Waals surface area contributed by atoms with Crippen LogP contribution in [-0.4, -0.2) is 47.4 Å². The zero-order valence-corrected chi connectivity index (χ0v) is 17.3. The lowest BCUT2D eigenvalue weighted by Crippen LogP contribution is -2.08. The highest BCUT2D eigenvalue weighted by Gasteiger charge is 2.12. The monoisotopic (exact) mass is 437 g/mol. The fourth-order valence-electron chi connectivity index (χ4n) is 2.63. The van der Waals surface area contributed by atoms with Crippen LogP contribution in [-0.2, 0) is 22.7 Å². The molecule has 0 aliphatic heterocycles. The Balaban J connectivity index is 1.63. The predicted molar refractivity (Wildman–Crippen MR) is 109 cm³/mol. The summed E-state index contributed by atoms with van der Waals surface area (Å²) in [6.45, 7) is -0.0360. The zero-order chi connectivity index (χ0) is 22.9. The average Bonchev–Trinajstić information content (AvgIpc) is 2.85. The van der Waals surface area contributed by atoms with Gasteiger partial charge >= 0.3 is 11.9 Å². The molecule has 3 aromatic heterocycles. The fraction of sp³-hybridized carbons (Fsp3) is 0.182. The number of esters is 2. The standard InChI is InChI=1S/C22H19N3O7/c1-29-20-5-18(11-26)19(10-25-20)31-12-14-4-17(9-24-6-14)22(28)32-13-15-3-16(8-23-7-15)21(27)30-2/h3-11H,12-13H2,1-2H3. The summed E-state index contributed by atoms with van der Waals surface area (Å²) in [4.78, 5) is 47.2. The molecule has 10 nitrogen and oxygen atoms in total. The van der Waals surface area contributed by atoms with E-state index in [1.807, 2.05) is 0 Å². The van der Waals surface area contributed by atoms with Crippen LogP contribution in [0.2, 0.25) is 0 Å². The molecule has 164 valence electrons. The Morgan fingerprint density at radius 3 is 2.16 bits per heavy atom. The average molecular weight is 437 g/mol. The van der Waals surface area contributed by atoms with Gasteiger partial charge in [0.1, 0.15) is 19.0 Å². The quantitative estimate of drug-likeness (QED) is 0.364. The molecule has 0 amide bonds. The highest BCUT2D eigenvalue weighted by atomic mass is 16.5. The summed E-state index contributed by atoms with van der Waals surface area (Å²) in [6, 6.07) is 4.55. The first-order chi connectivity index (χ1) is 15.5. The Morgan fingerprint density at radius 1 is 0.875 bits per heavy atom. The van der Waals surface area contributed by atoms with Crippen molar-refractivity contribution in [1.82, 2.24) is 15.0 Å². The molecule has 0 aliphatic carbocycles. The molecular weight excluding hydrogens is 418 g/mol. The number of aromatic nitrogens is 3. The first kappa shape index (κ1) is 22.3. The molecule has 0 fully saturated rings. The summed E-state index contributed by atoms with van der Waals surface area (Å²) < 4.78 is 20.5. The van der Waals surface area contributed by atoms with Gasteiger partial charge in [0.05, 0.1) is 37.1 Å². The number of hydrogen-bond acceptors (Lipinski definition) is 10. The molecule has 0 unspecified atom stereocenters. The van der Waals surface area contributed by atoms with Gasteiger partial charge in [0.15, 0.2) is 6.29 Å². The van der Waals surface area contributed by atoms with Crippen molar-refractivity contribution in [2.45, 2.75) is 13.2 Å². The molecule has 0 atom stereocenters. The second-order valence-corrected chi connectivity index (χ2v) is 6.40. The maximum Gasteiger partial charge on any atom is 0.340 e. The van der Waals surface area contributed by atoms with Crippen LogP contribution in [0, 0.1) is 0 Å². The lowest BCUT2D eigenvalue weighted by molar-refractivity contribution is 0.0471. The first-order valence-corrected chi connectivity index (χ1v) is 9.29. The van der Waals surface area contributed by atoms with E-state index in [9.17, 15) is 14.4 Å². The van der Waals surface area contributed by atoms with E-state index >= 15 is 0 Å². The molecule has 0 saturated carbocycles. The van der Waals surface area contributed by atoms with Crippen molar-refractivity contribution in [2.75, 3.05) is 14.2 Å². The van der Waals surface area contributed by atoms with Crippen LogP contribution >= 0.6 is 0 Å². The zero-order valence-electron chi connectivity index (χ0n) is 17.3. The summed E-state index contributed by atoms with van der Waals surface area (Å²) >= 11 is 0. The third-order valence-electron chi connectivity index (χ3n) is 4.22. The Morgan fingerprint density at radius 2 is 1.53 bits per heavy atom. The molecule has 0 aliphatic rings. The van der Waals surface area contributed by atoms with E-state index in [1.165, 1.54) is 57.3 Å². The van der Waals surface area contributed by atoms with Gasteiger partial charge in [-0.1, -0.05) is 0 Å². The van der Waals surface area contributed by atoms with Crippen molar-refractivity contribution in [3.63, 3.8) is 0 Å². The maximum absolute atomic E-state index is 12.4. The number of aldehydes is 1. The minimum absolute atomic E-state index is 0.0497. The largest absolute Gasteiger partial charge is 0.486 e. The molecule has 0 spiro atoms. The van der Waals surface area contributed by atoms with Crippen molar-refractivity contribution in [1.29, 1.82) is 0 Å². The minimum atomic E-state index is -0.609. The summed E-state index contributed by atoms with van der Waals surface area (Å²) in [7, 11) is 2.71. The highest BCUT2D eigenvalue weighted by molar-refractivity contribution is 5.90. The van der Waals surface area contributed by atoms with Crippen molar-refractivity contribution in [3.8, 4) is 11.6 Å². The maximum atomic E-state index is 12.4. The highest BCUT2D eigenvalue weighted by Crippen LogP contribution is 2.21. The number of hydrogen-bond donors (Lipinski definition) is 0. The summed E-state index contributed by atoms with van der Waals surface area (Å²) in [5.74, 6) is -0.583. The van der Waals surface area contributed by atoms with Crippen LogP contribution in [0.15, 0.2) is 49.2 Å². The lowest BCUT2D eigenvalue weighted by Gasteiger charge is -2.10. The Bertz CT molecular complexity index is 1130. The molecule has 0 saturated heterocycles. The number of rotatable bonds is 9. The SMILES string of the molecule is COC(=O)c1cncc(COC(=O)c2cncc(COc3cnc(OC)cc3C=O)c2)c1. The van der Waals surface area contributed by atoms with Gasteiger partial charge in [-0.3, -0.25) is 14.8 Å². The van der Waals surface area contributed by atoms with Gasteiger partial charge in [0, 0.05) is 42.0 Å². The third kappa shape index (κ3) is 5.63. The molecule has 3 aromatic rings. The van der Waals surface area contributed by atoms with Crippen LogP contribution in [0.4, 0.5) is 0 Å². The van der Waals surface area contributed by atoms with Crippen molar-refractivity contribution in [2.24, 2.45) is 0 Å². The van der Waals surface area contributed by atoms with Gasteiger partial charge < -0.3 is 18.9 Å². The van der Waals surface area contributed by atoms with Gasteiger partial charge in [-0.05, 0) is 12.1 Å². The molecule has 0 radical (unpaired) electrons. The second kappa shape index (κ2) is 10.6. The summed E-state index contributed by atoms with van der Waals surface area (Å²) in [5, 5.41) is 0. The Hall–Kier alpha value is -4.34. The number of methoxy groups -OCH3 is 2. The fourth-order valence-corrected chi connectivity index (χ4v) is 2.63. The van der Waals surface area contributed by atoms with E-state index < -0.39 is 11.9 Å². The molecule has 0 aromatic carbocycles. The number of nitrogens with zero attached hydrogens (tertiary/aromatic N) is 3. The van der Waals surface area contributed by atoms with Gasteiger partial charge in [0.2, 0.25) is 5.88 Å². The molecule has 0 N–H and O–H groups in total. The van der Waals surface area contributed by atoms with E-state index in [-0.39, 0.29) is 41.5 Å². The topological polar surface area (TPSA) is 127 Å². The van der Waals surface area contributed by atoms with E-state index in [0.717, 1.165) is 0 Å². The van der Waals surface area contributed by atoms with Gasteiger partial charge in [0.25, 0.3) is 0 Å². The molecule has 3 heterocycles. The van der Waals surface area contributed by atoms with E-state index in [0.29, 0.717) is 17.4 Å². The number of carbonyl (C=O) groups is 3. The third-order valence-corrected chi connectivity index (χ3v) is 4.22. The predicted octanol–water partition coefficient (Wildman–Crippen LogP) is 2.42. The summed E-state index contributed by atoms with van der Waals surface area (Å²) in [5.41, 5.74) is 1.86. The number of ether oxygens (including phenoxy) is 4. The van der Waals surface area contributed by atoms with Gasteiger partial charge in [-0.25, -0.2) is 14.6 Å². The smallest absolute Gasteiger partial charge is 0.340 e. The van der Waals surface area contributed by atoms with Crippen molar-refractivity contribution >= 4 is 18.2 Å². The molecule has 3 rings (SSSR count). The molecule has 32 heavy (non-hydrogen) atoms. The second-order valence-electron chi connectivity index (χ2n) is 6.40. The van der Waals surface area contributed by atoms with Crippen LogP contribution in [0.5, 0.6) is 11.6 Å². The Labute approximate surface area is 183 Å². The van der Waals surface area contributed by atoms with Crippen LogP contribution in [0.1, 0.15) is 42.2 Å². The van der Waals surface area contributed by atoms with E-state index in [2.05, 4.69) is 19.7 Å². The molecule has 0 bridgehead atoms. The first-order valence-electron chi connectivity index (χ1n) is 9.29. The minimum Gasteiger partial charge on any atom is -0.486 e. The molecular formula is C22H19N3O7. The normalized spacial score (nSPS) is 10.2. The van der Waals surface area contributed by atoms with Crippen LogP contribution in [0.25, 0.3) is 0 Å². The van der Waals surface area contributed by atoms with Crippen molar-refractivity contribution < 1.29 is 33.3 Å². The molecule has 10 heteroatoms. The van der Waals surface area contributed by atoms with E-state index in [1.54, 1.807) is 6.07 Å². The van der Waals surface area contributed by atoms with Gasteiger partial charge in [-0.2, -0.15) is 0 Å². The Kier molecular flexibility index (Phi) is 7.42. The van der Waals surface area contributed by atoms with Crippen LogP contribution in [0.3, 0.4) is 0 Å². The lowest BCUT2D eigenvalue weighted by atomic mass is 10.2. The number of pyridine rings is 3. The number of carbonyl (C=O) groups excluding carboxylic acids is 3. The summed E-state index contributed by atoms with van der Waals surface area (Å²) in [6.07, 6.45) is 7.74. The van der Waals surface area contributed by atoms with E-state index in [4.69, 9.17) is 14.2 Å².